The lowest BCUT2D eigenvalue weighted by Crippen LogP contribution is -2.43. The first kappa shape index (κ1) is 21.4. The van der Waals surface area contributed by atoms with Gasteiger partial charge in [-0.15, -0.1) is 21.5 Å². The maximum Gasteiger partial charge on any atom is 0.191 e. The highest BCUT2D eigenvalue weighted by molar-refractivity contribution is 7.09. The van der Waals surface area contributed by atoms with Crippen molar-refractivity contribution in [3.05, 3.63) is 34.0 Å². The number of nitrogens with zero attached hydrogens (tertiary/aromatic N) is 4. The molecule has 150 valence electrons. The molecule has 0 spiro atoms. The molecule has 0 aliphatic carbocycles. The van der Waals surface area contributed by atoms with Crippen LogP contribution in [0.15, 0.2) is 22.5 Å². The van der Waals surface area contributed by atoms with Crippen molar-refractivity contribution < 1.29 is 0 Å². The van der Waals surface area contributed by atoms with Gasteiger partial charge in [-0.05, 0) is 38.1 Å². The number of nitrogens with one attached hydrogen (secondary N) is 2. The first-order valence-corrected chi connectivity index (χ1v) is 10.9. The Bertz CT molecular complexity index is 677. The Labute approximate surface area is 167 Å². The normalized spacial score (nSPS) is 13.0. The summed E-state index contributed by atoms with van der Waals surface area (Å²) in [4.78, 5) is 6.13. The molecule has 0 fully saturated rings. The van der Waals surface area contributed by atoms with Gasteiger partial charge >= 0.3 is 0 Å². The summed E-state index contributed by atoms with van der Waals surface area (Å²) in [5.41, 5.74) is 0. The fourth-order valence-corrected chi connectivity index (χ4v) is 3.54. The van der Waals surface area contributed by atoms with Crippen molar-refractivity contribution in [1.82, 2.24) is 25.4 Å². The Morgan fingerprint density at radius 1 is 1.30 bits per heavy atom. The summed E-state index contributed by atoms with van der Waals surface area (Å²) in [5, 5.41) is 17.5. The summed E-state index contributed by atoms with van der Waals surface area (Å²) in [6.07, 6.45) is 7.32. The molecule has 2 heterocycles. The molecule has 2 aromatic rings. The molecule has 0 saturated carbocycles. The lowest BCUT2D eigenvalue weighted by molar-refractivity contribution is 0.536. The number of aromatic nitrogens is 3. The molecule has 1 atom stereocenters. The lowest BCUT2D eigenvalue weighted by Gasteiger charge is -2.18. The number of guanidine groups is 1. The van der Waals surface area contributed by atoms with E-state index in [0.717, 1.165) is 37.0 Å². The van der Waals surface area contributed by atoms with Crippen molar-refractivity contribution in [1.29, 1.82) is 0 Å². The molecular weight excluding hydrogens is 356 g/mol. The monoisotopic (exact) mass is 390 g/mol. The fourth-order valence-electron chi connectivity index (χ4n) is 2.83. The summed E-state index contributed by atoms with van der Waals surface area (Å²) >= 11 is 1.80. The van der Waals surface area contributed by atoms with Gasteiger partial charge in [0.05, 0.1) is 0 Å². The van der Waals surface area contributed by atoms with Crippen molar-refractivity contribution in [2.24, 2.45) is 12.0 Å². The Balaban J connectivity index is 1.89. The number of aliphatic imine (C=N–C) groups is 1. The summed E-state index contributed by atoms with van der Waals surface area (Å²) < 4.78 is 1.99. The van der Waals surface area contributed by atoms with Gasteiger partial charge in [0.25, 0.3) is 0 Å². The van der Waals surface area contributed by atoms with Crippen LogP contribution >= 0.6 is 11.3 Å². The minimum absolute atomic E-state index is 0.399. The molecule has 2 N–H and O–H groups in total. The van der Waals surface area contributed by atoms with Crippen LogP contribution in [0.1, 0.15) is 62.5 Å². The number of rotatable bonds is 11. The molecule has 2 aromatic heterocycles. The van der Waals surface area contributed by atoms with Gasteiger partial charge in [0, 0.05) is 24.5 Å². The molecule has 27 heavy (non-hydrogen) atoms. The van der Waals surface area contributed by atoms with Crippen LogP contribution in [-0.4, -0.2) is 33.3 Å². The van der Waals surface area contributed by atoms with Gasteiger partial charge in [0.15, 0.2) is 11.8 Å². The zero-order valence-electron chi connectivity index (χ0n) is 17.2. The van der Waals surface area contributed by atoms with E-state index in [1.54, 1.807) is 11.3 Å². The van der Waals surface area contributed by atoms with E-state index in [9.17, 15) is 0 Å². The molecule has 7 heteroatoms. The van der Waals surface area contributed by atoms with E-state index in [1.807, 2.05) is 18.5 Å². The van der Waals surface area contributed by atoms with Gasteiger partial charge in [-0.1, -0.05) is 38.7 Å². The Hall–Kier alpha value is -1.89. The maximum absolute atomic E-state index is 4.75. The Morgan fingerprint density at radius 3 is 2.81 bits per heavy atom. The lowest BCUT2D eigenvalue weighted by atomic mass is 10.1. The van der Waals surface area contributed by atoms with Gasteiger partial charge in [-0.2, -0.15) is 0 Å². The largest absolute Gasteiger partial charge is 0.356 e. The van der Waals surface area contributed by atoms with Crippen LogP contribution in [0.3, 0.4) is 0 Å². The van der Waals surface area contributed by atoms with Crippen LogP contribution in [0.4, 0.5) is 0 Å². The minimum Gasteiger partial charge on any atom is -0.356 e. The smallest absolute Gasteiger partial charge is 0.191 e. The fraction of sp³-hybridized carbons (Fsp3) is 0.650. The number of hydrogen-bond acceptors (Lipinski definition) is 4. The SMILES string of the molecule is CCCCCCC(C)NC(=NCc1nnc(C)n1C)NCCc1cccs1. The van der Waals surface area contributed by atoms with E-state index >= 15 is 0 Å². The molecule has 0 saturated heterocycles. The Morgan fingerprint density at radius 2 is 2.15 bits per heavy atom. The van der Waals surface area contributed by atoms with Crippen molar-refractivity contribution in [3.8, 4) is 0 Å². The molecule has 0 aliphatic heterocycles. The van der Waals surface area contributed by atoms with Crippen LogP contribution in [0.25, 0.3) is 0 Å². The highest BCUT2D eigenvalue weighted by Crippen LogP contribution is 2.08. The second-order valence-corrected chi connectivity index (χ2v) is 8.07. The summed E-state index contributed by atoms with van der Waals surface area (Å²) in [6, 6.07) is 4.67. The molecule has 0 aromatic carbocycles. The minimum atomic E-state index is 0.399. The maximum atomic E-state index is 4.75. The van der Waals surface area contributed by atoms with Gasteiger partial charge < -0.3 is 15.2 Å². The third-order valence-electron chi connectivity index (χ3n) is 4.68. The third-order valence-corrected chi connectivity index (χ3v) is 5.62. The zero-order chi connectivity index (χ0) is 19.5. The van der Waals surface area contributed by atoms with Crippen LogP contribution in [0, 0.1) is 6.92 Å². The van der Waals surface area contributed by atoms with E-state index in [2.05, 4.69) is 52.2 Å². The highest BCUT2D eigenvalue weighted by Gasteiger charge is 2.08. The third kappa shape index (κ3) is 7.71. The van der Waals surface area contributed by atoms with Crippen molar-refractivity contribution in [2.45, 2.75) is 71.9 Å². The van der Waals surface area contributed by atoms with Gasteiger partial charge in [-0.3, -0.25) is 0 Å². The quantitative estimate of drug-likeness (QED) is 0.348. The van der Waals surface area contributed by atoms with E-state index in [-0.39, 0.29) is 0 Å². The number of thiophene rings is 1. The molecule has 1 unspecified atom stereocenters. The van der Waals surface area contributed by atoms with Crippen LogP contribution in [0.2, 0.25) is 0 Å². The highest BCUT2D eigenvalue weighted by atomic mass is 32.1. The number of unbranched alkanes of at least 4 members (excludes halogenated alkanes) is 3. The first-order chi connectivity index (χ1) is 13.1. The van der Waals surface area contributed by atoms with Gasteiger partial charge in [-0.25, -0.2) is 4.99 Å². The first-order valence-electron chi connectivity index (χ1n) is 10.0. The molecule has 0 bridgehead atoms. The van der Waals surface area contributed by atoms with Gasteiger partial charge in [0.2, 0.25) is 0 Å². The predicted octanol–water partition coefficient (Wildman–Crippen LogP) is 3.82. The van der Waals surface area contributed by atoms with E-state index in [0.29, 0.717) is 12.6 Å². The average Bonchev–Trinajstić information content (AvgIpc) is 3.28. The second-order valence-electron chi connectivity index (χ2n) is 7.04. The molecule has 0 radical (unpaired) electrons. The molecule has 6 nitrogen and oxygen atoms in total. The molecule has 0 aliphatic rings. The number of hydrogen-bond donors (Lipinski definition) is 2. The van der Waals surface area contributed by atoms with Crippen LogP contribution < -0.4 is 10.6 Å². The van der Waals surface area contributed by atoms with Crippen molar-refractivity contribution in [3.63, 3.8) is 0 Å². The molecule has 2 rings (SSSR count). The van der Waals surface area contributed by atoms with E-state index in [4.69, 9.17) is 4.99 Å². The summed E-state index contributed by atoms with van der Waals surface area (Å²) in [5.74, 6) is 2.64. The molecule has 0 amide bonds. The average molecular weight is 391 g/mol. The van der Waals surface area contributed by atoms with Crippen LogP contribution in [-0.2, 0) is 20.0 Å². The standard InChI is InChI=1S/C20H34N6S/c1-5-6-7-8-10-16(2)23-20(21-13-12-18-11-9-14-27-18)22-15-19-25-24-17(3)26(19)4/h9,11,14,16H,5-8,10,12-13,15H2,1-4H3,(H2,21,22,23). The zero-order valence-corrected chi connectivity index (χ0v) is 18.0. The van der Waals surface area contributed by atoms with Crippen LogP contribution in [0.5, 0.6) is 0 Å². The van der Waals surface area contributed by atoms with E-state index in [1.165, 1.54) is 30.6 Å². The predicted molar refractivity (Wildman–Crippen MR) is 114 cm³/mol. The topological polar surface area (TPSA) is 67.1 Å². The van der Waals surface area contributed by atoms with Crippen molar-refractivity contribution in [2.75, 3.05) is 6.54 Å². The molecular formula is C20H34N6S. The Kier molecular flexibility index (Phi) is 9.31. The summed E-state index contributed by atoms with van der Waals surface area (Å²) in [7, 11) is 1.98. The second kappa shape index (κ2) is 11.7. The van der Waals surface area contributed by atoms with Gasteiger partial charge in [0.1, 0.15) is 12.4 Å². The van der Waals surface area contributed by atoms with E-state index < -0.39 is 0 Å². The summed E-state index contributed by atoms with van der Waals surface area (Å²) in [6.45, 7) is 7.82. The van der Waals surface area contributed by atoms with Crippen molar-refractivity contribution >= 4 is 17.3 Å². The number of aryl methyl sites for hydroxylation is 1.